The molecule has 1 spiro atoms. The Morgan fingerprint density at radius 1 is 1.17 bits per heavy atom. The molecule has 2 aliphatic heterocycles. The summed E-state index contributed by atoms with van der Waals surface area (Å²) in [6.07, 6.45) is 2.36. The predicted octanol–water partition coefficient (Wildman–Crippen LogP) is 2.17. The number of benzene rings is 1. The average Bonchev–Trinajstić information content (AvgIpc) is 3.25. The zero-order chi connectivity index (χ0) is 17.3. The van der Waals surface area contributed by atoms with Gasteiger partial charge in [-0.05, 0) is 41.9 Å². The van der Waals surface area contributed by atoms with Crippen molar-refractivity contribution >= 4 is 23.4 Å². The molecule has 1 unspecified atom stereocenters. The second kappa shape index (κ2) is 4.68. The van der Waals surface area contributed by atoms with Gasteiger partial charge in [0.2, 0.25) is 17.7 Å². The van der Waals surface area contributed by atoms with E-state index >= 15 is 0 Å². The third kappa shape index (κ3) is 1.96. The monoisotopic (exact) mass is 326 g/mol. The number of carbonyl (C=O) groups excluding carboxylic acids is 3. The fraction of sp³-hybridized carbons (Fsp3) is 0.526. The van der Waals surface area contributed by atoms with Gasteiger partial charge in [-0.15, -0.1) is 0 Å². The lowest BCUT2D eigenvalue weighted by Crippen LogP contribution is -2.54. The number of amides is 3. The van der Waals surface area contributed by atoms with E-state index in [4.69, 9.17) is 0 Å². The largest absolute Gasteiger partial charge is 0.299 e. The first-order valence-electron chi connectivity index (χ1n) is 8.57. The molecule has 3 amide bonds. The fourth-order valence-electron chi connectivity index (χ4n) is 4.14. The predicted molar refractivity (Wildman–Crippen MR) is 89.7 cm³/mol. The van der Waals surface area contributed by atoms with Crippen molar-refractivity contribution in [1.82, 2.24) is 5.32 Å². The second-order valence-corrected chi connectivity index (χ2v) is 8.17. The molecule has 1 aliphatic carbocycles. The number of piperidine rings is 1. The van der Waals surface area contributed by atoms with Crippen LogP contribution in [0, 0.1) is 0 Å². The first-order chi connectivity index (χ1) is 11.3. The summed E-state index contributed by atoms with van der Waals surface area (Å²) in [6.45, 7) is 6.45. The summed E-state index contributed by atoms with van der Waals surface area (Å²) >= 11 is 0. The molecule has 1 aromatic rings. The van der Waals surface area contributed by atoms with E-state index in [0.29, 0.717) is 6.42 Å². The second-order valence-electron chi connectivity index (χ2n) is 8.17. The minimum absolute atomic E-state index is 0.0312. The normalized spacial score (nSPS) is 25.0. The van der Waals surface area contributed by atoms with E-state index < -0.39 is 11.5 Å². The van der Waals surface area contributed by atoms with Crippen LogP contribution < -0.4 is 10.2 Å². The summed E-state index contributed by atoms with van der Waals surface area (Å²) in [5, 5.41) is 2.38. The molecule has 2 fully saturated rings. The van der Waals surface area contributed by atoms with Crippen LogP contribution in [-0.2, 0) is 25.2 Å². The highest BCUT2D eigenvalue weighted by Gasteiger charge is 2.62. The fourth-order valence-corrected chi connectivity index (χ4v) is 4.14. The van der Waals surface area contributed by atoms with Crippen LogP contribution in [0.25, 0.3) is 0 Å². The zero-order valence-electron chi connectivity index (χ0n) is 14.3. The highest BCUT2D eigenvalue weighted by atomic mass is 16.2. The Hall–Kier alpha value is -2.17. The molecule has 0 radical (unpaired) electrons. The Morgan fingerprint density at radius 2 is 1.88 bits per heavy atom. The van der Waals surface area contributed by atoms with Gasteiger partial charge in [0.25, 0.3) is 0 Å². The van der Waals surface area contributed by atoms with Gasteiger partial charge < -0.3 is 0 Å². The number of nitrogens with one attached hydrogen (secondary N) is 1. The maximum atomic E-state index is 13.2. The minimum Gasteiger partial charge on any atom is -0.299 e. The molecule has 1 saturated heterocycles. The van der Waals surface area contributed by atoms with Crippen LogP contribution in [-0.4, -0.2) is 23.8 Å². The van der Waals surface area contributed by atoms with Crippen LogP contribution in [0.1, 0.15) is 57.6 Å². The summed E-state index contributed by atoms with van der Waals surface area (Å²) in [5.74, 6) is -0.583. The smallest absolute Gasteiger partial charge is 0.249 e. The highest BCUT2D eigenvalue weighted by Crippen LogP contribution is 2.60. The van der Waals surface area contributed by atoms with Crippen LogP contribution in [0.5, 0.6) is 0 Å². The van der Waals surface area contributed by atoms with Gasteiger partial charge in [0, 0.05) is 12.1 Å². The van der Waals surface area contributed by atoms with E-state index in [-0.39, 0.29) is 29.6 Å². The first kappa shape index (κ1) is 15.4. The molecular formula is C19H22N2O3. The average molecular weight is 326 g/mol. The lowest BCUT2D eigenvalue weighted by Gasteiger charge is -2.30. The number of fused-ring (bicyclic) bond motifs is 2. The van der Waals surface area contributed by atoms with Crippen molar-refractivity contribution in [3.05, 3.63) is 29.3 Å². The molecule has 0 bridgehead atoms. The molecule has 0 aromatic heterocycles. The zero-order valence-corrected chi connectivity index (χ0v) is 14.3. The summed E-state index contributed by atoms with van der Waals surface area (Å²) in [7, 11) is 0. The number of hydrogen-bond acceptors (Lipinski definition) is 3. The highest BCUT2D eigenvalue weighted by molar-refractivity contribution is 6.15. The van der Waals surface area contributed by atoms with Crippen LogP contribution in [0.3, 0.4) is 0 Å². The number of anilines is 1. The van der Waals surface area contributed by atoms with Crippen LogP contribution >= 0.6 is 0 Å². The van der Waals surface area contributed by atoms with Gasteiger partial charge in [0.05, 0.1) is 5.41 Å². The minimum atomic E-state index is -0.579. The van der Waals surface area contributed by atoms with Gasteiger partial charge >= 0.3 is 0 Å². The molecule has 1 saturated carbocycles. The molecule has 2 heterocycles. The van der Waals surface area contributed by atoms with Crippen molar-refractivity contribution in [3.8, 4) is 0 Å². The third-order valence-electron chi connectivity index (χ3n) is 5.49. The molecule has 5 nitrogen and oxygen atoms in total. The van der Waals surface area contributed by atoms with Crippen molar-refractivity contribution in [1.29, 1.82) is 0 Å². The summed E-state index contributed by atoms with van der Waals surface area (Å²) in [5.41, 5.74) is 2.63. The molecule has 1 aromatic carbocycles. The standard InChI is InChI=1S/C19H22N2O3/c1-18(2,3)11-5-4-6-12-15(11)19(9-10-19)17(24)21(12)13-7-8-14(22)20-16(13)23/h4-6,13H,7-10H2,1-3H3,(H,20,22,23). The van der Waals surface area contributed by atoms with Crippen molar-refractivity contribution in [2.75, 3.05) is 4.90 Å². The van der Waals surface area contributed by atoms with Crippen LogP contribution in [0.2, 0.25) is 0 Å². The molecule has 5 heteroatoms. The molecule has 126 valence electrons. The van der Waals surface area contributed by atoms with E-state index in [2.05, 4.69) is 32.2 Å². The molecule has 1 N–H and O–H groups in total. The maximum Gasteiger partial charge on any atom is 0.249 e. The van der Waals surface area contributed by atoms with Gasteiger partial charge in [0.15, 0.2) is 0 Å². The number of rotatable bonds is 1. The van der Waals surface area contributed by atoms with Gasteiger partial charge in [-0.1, -0.05) is 32.9 Å². The SMILES string of the molecule is CC(C)(C)c1cccc2c1C1(CC1)C(=O)N2C1CCC(=O)NC1=O. The molecule has 24 heavy (non-hydrogen) atoms. The molecular weight excluding hydrogens is 304 g/mol. The van der Waals surface area contributed by atoms with Crippen LogP contribution in [0.4, 0.5) is 5.69 Å². The van der Waals surface area contributed by atoms with Gasteiger partial charge in [0.1, 0.15) is 6.04 Å². The van der Waals surface area contributed by atoms with E-state index in [1.807, 2.05) is 12.1 Å². The number of carbonyl (C=O) groups is 3. The van der Waals surface area contributed by atoms with E-state index in [1.54, 1.807) is 4.90 Å². The summed E-state index contributed by atoms with van der Waals surface area (Å²) in [4.78, 5) is 38.7. The number of imide groups is 1. The Balaban J connectivity index is 1.85. The number of hydrogen-bond donors (Lipinski definition) is 1. The quantitative estimate of drug-likeness (QED) is 0.804. The molecule has 1 atom stereocenters. The first-order valence-corrected chi connectivity index (χ1v) is 8.57. The molecule has 4 rings (SSSR count). The van der Waals surface area contributed by atoms with Gasteiger partial charge in [-0.3, -0.25) is 24.6 Å². The van der Waals surface area contributed by atoms with E-state index in [9.17, 15) is 14.4 Å². The van der Waals surface area contributed by atoms with Crippen LogP contribution in [0.15, 0.2) is 18.2 Å². The van der Waals surface area contributed by atoms with Gasteiger partial charge in [-0.25, -0.2) is 0 Å². The van der Waals surface area contributed by atoms with Gasteiger partial charge in [-0.2, -0.15) is 0 Å². The van der Waals surface area contributed by atoms with Crippen molar-refractivity contribution in [2.45, 2.75) is 63.3 Å². The van der Waals surface area contributed by atoms with Crippen molar-refractivity contribution in [3.63, 3.8) is 0 Å². The lowest BCUT2D eigenvalue weighted by atomic mass is 9.79. The third-order valence-corrected chi connectivity index (χ3v) is 5.49. The maximum absolute atomic E-state index is 13.2. The van der Waals surface area contributed by atoms with Crippen molar-refractivity contribution < 1.29 is 14.4 Å². The lowest BCUT2D eigenvalue weighted by molar-refractivity contribution is -0.135. The van der Waals surface area contributed by atoms with E-state index in [1.165, 1.54) is 5.56 Å². The van der Waals surface area contributed by atoms with E-state index in [0.717, 1.165) is 24.1 Å². The topological polar surface area (TPSA) is 66.5 Å². The van der Waals surface area contributed by atoms with Crippen molar-refractivity contribution in [2.24, 2.45) is 0 Å². The summed E-state index contributed by atoms with van der Waals surface area (Å²) in [6, 6.07) is 5.43. The number of nitrogens with zero attached hydrogens (tertiary/aromatic N) is 1. The molecule has 3 aliphatic rings. The Morgan fingerprint density at radius 3 is 2.46 bits per heavy atom. The Labute approximate surface area is 141 Å². The Kier molecular flexibility index (Phi) is 3.00. The summed E-state index contributed by atoms with van der Waals surface area (Å²) < 4.78 is 0. The Bertz CT molecular complexity index is 771.